The molecule has 114 valence electrons. The maximum atomic E-state index is 13.6. The summed E-state index contributed by atoms with van der Waals surface area (Å²) in [7, 11) is 0. The molecule has 21 heavy (non-hydrogen) atoms. The highest BCUT2D eigenvalue weighted by atomic mass is 19.1. The van der Waals surface area contributed by atoms with Crippen LogP contribution in [0.25, 0.3) is 0 Å². The number of hydrogen-bond acceptors (Lipinski definition) is 3. The molecule has 0 aliphatic heterocycles. The summed E-state index contributed by atoms with van der Waals surface area (Å²) in [6.07, 6.45) is 3.12. The Morgan fingerprint density at radius 3 is 2.71 bits per heavy atom. The number of halogens is 1. The zero-order valence-electron chi connectivity index (χ0n) is 12.1. The Morgan fingerprint density at radius 1 is 1.38 bits per heavy atom. The minimum Gasteiger partial charge on any atom is -0.349 e. The lowest BCUT2D eigenvalue weighted by Gasteiger charge is -2.34. The van der Waals surface area contributed by atoms with E-state index in [1.54, 1.807) is 0 Å². The third-order valence-electron chi connectivity index (χ3n) is 4.43. The molecule has 2 rings (SSSR count). The summed E-state index contributed by atoms with van der Waals surface area (Å²) in [6.45, 7) is 4.26. The van der Waals surface area contributed by atoms with E-state index in [0.717, 1.165) is 31.4 Å². The smallest absolute Gasteiger partial charge is 0.304 e. The molecule has 0 saturated heterocycles. The first-order valence-corrected chi connectivity index (χ1v) is 7.15. The number of benzene rings is 1. The molecule has 1 aliphatic rings. The number of amides is 1. The fraction of sp³-hybridized carbons (Fsp3) is 0.533. The number of carbonyl (C=O) groups excluding carboxylic acids is 1. The molecular formula is C15H19FN2O3. The largest absolute Gasteiger partial charge is 0.349 e. The highest BCUT2D eigenvalue weighted by Crippen LogP contribution is 2.29. The van der Waals surface area contributed by atoms with Crippen LogP contribution in [-0.4, -0.2) is 16.9 Å². The van der Waals surface area contributed by atoms with Gasteiger partial charge in [-0.15, -0.1) is 0 Å². The summed E-state index contributed by atoms with van der Waals surface area (Å²) < 4.78 is 13.6. The molecule has 0 spiro atoms. The summed E-state index contributed by atoms with van der Waals surface area (Å²) >= 11 is 0. The van der Waals surface area contributed by atoms with Crippen molar-refractivity contribution in [3.8, 4) is 0 Å². The maximum Gasteiger partial charge on any atom is 0.304 e. The molecule has 1 aromatic carbocycles. The Balaban J connectivity index is 2.10. The summed E-state index contributed by atoms with van der Waals surface area (Å²) in [5.74, 6) is -0.462. The van der Waals surface area contributed by atoms with E-state index in [2.05, 4.69) is 19.2 Å². The number of nitro benzene ring substituents is 1. The van der Waals surface area contributed by atoms with Crippen LogP contribution in [0.2, 0.25) is 0 Å². The summed E-state index contributed by atoms with van der Waals surface area (Å²) in [4.78, 5) is 21.9. The van der Waals surface area contributed by atoms with Gasteiger partial charge in [-0.2, -0.15) is 4.39 Å². The SMILES string of the molecule is CC1CCCC(NC(=O)c2ccc([N+](=O)[O-])c(F)c2)C1C. The average Bonchev–Trinajstić information content (AvgIpc) is 2.43. The first-order chi connectivity index (χ1) is 9.90. The van der Waals surface area contributed by atoms with Crippen LogP contribution in [0.1, 0.15) is 43.5 Å². The molecule has 0 heterocycles. The van der Waals surface area contributed by atoms with E-state index in [0.29, 0.717) is 11.8 Å². The third kappa shape index (κ3) is 3.37. The predicted octanol–water partition coefficient (Wildman–Crippen LogP) is 3.29. The van der Waals surface area contributed by atoms with Crippen molar-refractivity contribution < 1.29 is 14.1 Å². The minimum atomic E-state index is -0.988. The standard InChI is InChI=1S/C15H19FN2O3/c1-9-4-3-5-13(10(9)2)17-15(19)11-6-7-14(18(20)21)12(16)8-11/h6-10,13H,3-5H2,1-2H3,(H,17,19). The zero-order valence-corrected chi connectivity index (χ0v) is 12.1. The van der Waals surface area contributed by atoms with Crippen LogP contribution in [-0.2, 0) is 0 Å². The summed E-state index contributed by atoms with van der Waals surface area (Å²) in [5.41, 5.74) is -0.505. The quantitative estimate of drug-likeness (QED) is 0.686. The summed E-state index contributed by atoms with van der Waals surface area (Å²) in [5, 5.41) is 13.5. The van der Waals surface area contributed by atoms with Gasteiger partial charge in [0.2, 0.25) is 5.82 Å². The van der Waals surface area contributed by atoms with Gasteiger partial charge in [-0.3, -0.25) is 14.9 Å². The molecule has 0 radical (unpaired) electrons. The molecule has 3 atom stereocenters. The van der Waals surface area contributed by atoms with E-state index in [-0.39, 0.29) is 17.5 Å². The lowest BCUT2D eigenvalue weighted by molar-refractivity contribution is -0.387. The number of nitrogens with zero attached hydrogens (tertiary/aromatic N) is 1. The van der Waals surface area contributed by atoms with Gasteiger partial charge in [0, 0.05) is 17.7 Å². The lowest BCUT2D eigenvalue weighted by Crippen LogP contribution is -2.43. The molecule has 6 heteroatoms. The molecule has 3 unspecified atom stereocenters. The molecular weight excluding hydrogens is 275 g/mol. The van der Waals surface area contributed by atoms with Crippen LogP contribution in [0, 0.1) is 27.8 Å². The van der Waals surface area contributed by atoms with Gasteiger partial charge >= 0.3 is 5.69 Å². The monoisotopic (exact) mass is 294 g/mol. The van der Waals surface area contributed by atoms with E-state index in [4.69, 9.17) is 0 Å². The van der Waals surface area contributed by atoms with Crippen molar-refractivity contribution in [2.24, 2.45) is 11.8 Å². The summed E-state index contributed by atoms with van der Waals surface area (Å²) in [6, 6.07) is 3.30. The van der Waals surface area contributed by atoms with Crippen molar-refractivity contribution in [2.45, 2.75) is 39.2 Å². The fourth-order valence-corrected chi connectivity index (χ4v) is 2.83. The first kappa shape index (κ1) is 15.4. The van der Waals surface area contributed by atoms with Gasteiger partial charge in [0.05, 0.1) is 4.92 Å². The van der Waals surface area contributed by atoms with Gasteiger partial charge < -0.3 is 5.32 Å². The molecule has 0 aromatic heterocycles. The molecule has 0 bridgehead atoms. The van der Waals surface area contributed by atoms with Crippen molar-refractivity contribution in [2.75, 3.05) is 0 Å². The topological polar surface area (TPSA) is 72.2 Å². The first-order valence-electron chi connectivity index (χ1n) is 7.15. The maximum absolute atomic E-state index is 13.6. The second kappa shape index (κ2) is 6.20. The van der Waals surface area contributed by atoms with E-state index in [1.807, 2.05) is 0 Å². The Kier molecular flexibility index (Phi) is 4.55. The number of hydrogen-bond donors (Lipinski definition) is 1. The number of carbonyl (C=O) groups is 1. The highest BCUT2D eigenvalue weighted by Gasteiger charge is 2.28. The third-order valence-corrected chi connectivity index (χ3v) is 4.43. The Hall–Kier alpha value is -1.98. The average molecular weight is 294 g/mol. The number of nitro groups is 1. The molecule has 1 amide bonds. The predicted molar refractivity (Wildman–Crippen MR) is 76.5 cm³/mol. The molecule has 1 N–H and O–H groups in total. The van der Waals surface area contributed by atoms with E-state index in [1.165, 1.54) is 6.07 Å². The van der Waals surface area contributed by atoms with Crippen molar-refractivity contribution in [1.82, 2.24) is 5.32 Å². The van der Waals surface area contributed by atoms with E-state index in [9.17, 15) is 19.3 Å². The van der Waals surface area contributed by atoms with Gasteiger partial charge in [0.25, 0.3) is 5.91 Å². The normalized spacial score (nSPS) is 25.4. The van der Waals surface area contributed by atoms with Gasteiger partial charge in [0.15, 0.2) is 0 Å². The van der Waals surface area contributed by atoms with Crippen LogP contribution in [0.15, 0.2) is 18.2 Å². The van der Waals surface area contributed by atoms with Gasteiger partial charge in [0.1, 0.15) is 0 Å². The van der Waals surface area contributed by atoms with Gasteiger partial charge in [-0.1, -0.05) is 26.7 Å². The van der Waals surface area contributed by atoms with Crippen molar-refractivity contribution in [1.29, 1.82) is 0 Å². The Bertz CT molecular complexity index is 562. The van der Waals surface area contributed by atoms with Crippen LogP contribution < -0.4 is 5.32 Å². The molecule has 1 saturated carbocycles. The van der Waals surface area contributed by atoms with Gasteiger partial charge in [-0.05, 0) is 30.4 Å². The fourth-order valence-electron chi connectivity index (χ4n) is 2.83. The van der Waals surface area contributed by atoms with Crippen LogP contribution in [0.5, 0.6) is 0 Å². The number of nitrogens with one attached hydrogen (secondary N) is 1. The van der Waals surface area contributed by atoms with Gasteiger partial charge in [-0.25, -0.2) is 0 Å². The molecule has 1 aliphatic carbocycles. The molecule has 1 fully saturated rings. The van der Waals surface area contributed by atoms with Crippen molar-refractivity contribution >= 4 is 11.6 Å². The van der Waals surface area contributed by atoms with Crippen molar-refractivity contribution in [3.63, 3.8) is 0 Å². The zero-order chi connectivity index (χ0) is 15.6. The van der Waals surface area contributed by atoms with Crippen LogP contribution in [0.4, 0.5) is 10.1 Å². The molecule has 1 aromatic rings. The Labute approximate surface area is 122 Å². The minimum absolute atomic E-state index is 0.0690. The second-order valence-corrected chi connectivity index (χ2v) is 5.77. The van der Waals surface area contributed by atoms with Crippen LogP contribution >= 0.6 is 0 Å². The number of rotatable bonds is 3. The van der Waals surface area contributed by atoms with E-state index >= 15 is 0 Å². The van der Waals surface area contributed by atoms with E-state index < -0.39 is 16.4 Å². The van der Waals surface area contributed by atoms with Crippen LogP contribution in [0.3, 0.4) is 0 Å². The highest BCUT2D eigenvalue weighted by molar-refractivity contribution is 5.94. The van der Waals surface area contributed by atoms with Crippen molar-refractivity contribution in [3.05, 3.63) is 39.7 Å². The second-order valence-electron chi connectivity index (χ2n) is 5.77. The lowest BCUT2D eigenvalue weighted by atomic mass is 9.78. The Morgan fingerprint density at radius 2 is 2.10 bits per heavy atom. The molecule has 5 nitrogen and oxygen atoms in total.